The van der Waals surface area contributed by atoms with Crippen molar-refractivity contribution < 1.29 is 37.1 Å². The van der Waals surface area contributed by atoms with E-state index < -0.39 is 80.2 Å². The summed E-state index contributed by atoms with van der Waals surface area (Å²) >= 11 is 0. The van der Waals surface area contributed by atoms with Crippen LogP contribution < -0.4 is 15.4 Å². The average Bonchev–Trinajstić information content (AvgIpc) is 3.96. The Hall–Kier alpha value is -4.14. The highest BCUT2D eigenvalue weighted by Gasteiger charge is 2.62. The molecular weight excluding hydrogens is 676 g/mol. The molecule has 278 valence electrons. The lowest BCUT2D eigenvalue weighted by molar-refractivity contribution is -0.142. The smallest absolute Gasteiger partial charge is 0.410 e. The summed E-state index contributed by atoms with van der Waals surface area (Å²) in [4.78, 5) is 73.6. The molecule has 0 unspecified atom stereocenters. The molecule has 3 N–H and O–H groups in total. The SMILES string of the molecule is C=C[C@@H]1C[C@@]1(NC(=O)[C@@H]1C[C@@H]2CN1C(=O)[C@H](C(C)(C)C)NC(=O)N(C)CCCCCc1cccc3c1CN(C3)C(=O)O2)C(=O)NS(=O)(=O)C1CC1. The Bertz CT molecular complexity index is 1720. The van der Waals surface area contributed by atoms with Gasteiger partial charge in [-0.2, -0.15) is 0 Å². The fraction of sp³-hybridized carbons (Fsp3) is 0.639. The molecule has 1 aromatic carbocycles. The minimum atomic E-state index is -3.90. The zero-order chi connectivity index (χ0) is 36.9. The number of hydrogen-bond donors (Lipinski definition) is 3. The molecular formula is C36H50N6O8S. The molecule has 2 saturated carbocycles. The average molecular weight is 727 g/mol. The van der Waals surface area contributed by atoms with Gasteiger partial charge >= 0.3 is 12.1 Å². The molecule has 0 spiro atoms. The van der Waals surface area contributed by atoms with Gasteiger partial charge in [-0.3, -0.25) is 24.0 Å². The highest BCUT2D eigenvalue weighted by molar-refractivity contribution is 7.91. The predicted octanol–water partition coefficient (Wildman–Crippen LogP) is 2.56. The first-order valence-corrected chi connectivity index (χ1v) is 19.5. The number of carbonyl (C=O) groups excluding carboxylic acids is 5. The molecule has 6 amide bonds. The van der Waals surface area contributed by atoms with Crippen LogP contribution in [-0.2, 0) is 48.7 Å². The Balaban J connectivity index is 1.28. The predicted molar refractivity (Wildman–Crippen MR) is 187 cm³/mol. The molecule has 1 aromatic rings. The Morgan fingerprint density at radius 2 is 1.80 bits per heavy atom. The second-order valence-electron chi connectivity index (χ2n) is 15.8. The number of hydrogen-bond acceptors (Lipinski definition) is 8. The normalized spacial score (nSPS) is 28.9. The van der Waals surface area contributed by atoms with Crippen molar-refractivity contribution in [3.63, 3.8) is 0 Å². The van der Waals surface area contributed by atoms with Crippen molar-refractivity contribution in [2.45, 2.75) is 114 Å². The number of benzene rings is 1. The van der Waals surface area contributed by atoms with Crippen molar-refractivity contribution in [3.05, 3.63) is 47.5 Å². The molecule has 51 heavy (non-hydrogen) atoms. The number of rotatable bonds is 6. The van der Waals surface area contributed by atoms with E-state index in [0.717, 1.165) is 36.8 Å². The summed E-state index contributed by atoms with van der Waals surface area (Å²) in [6.07, 6.45) is 4.48. The zero-order valence-corrected chi connectivity index (χ0v) is 30.7. The van der Waals surface area contributed by atoms with Crippen LogP contribution in [0.15, 0.2) is 30.9 Å². The molecule has 0 radical (unpaired) electrons. The van der Waals surface area contributed by atoms with Crippen LogP contribution in [0.5, 0.6) is 0 Å². The largest absolute Gasteiger partial charge is 0.444 e. The highest BCUT2D eigenvalue weighted by Crippen LogP contribution is 2.45. The van der Waals surface area contributed by atoms with E-state index in [1.54, 1.807) is 16.8 Å². The number of fused-ring (bicyclic) bond motifs is 3. The molecule has 14 nitrogen and oxygen atoms in total. The lowest BCUT2D eigenvalue weighted by Crippen LogP contribution is -2.61. The van der Waals surface area contributed by atoms with Gasteiger partial charge in [0.05, 0.1) is 11.8 Å². The van der Waals surface area contributed by atoms with Gasteiger partial charge in [0.2, 0.25) is 21.8 Å². The first-order valence-electron chi connectivity index (χ1n) is 17.9. The molecule has 4 bridgehead atoms. The van der Waals surface area contributed by atoms with Crippen molar-refractivity contribution in [1.82, 2.24) is 30.1 Å². The fourth-order valence-corrected chi connectivity index (χ4v) is 8.82. The topological polar surface area (TPSA) is 175 Å². The summed E-state index contributed by atoms with van der Waals surface area (Å²) in [5, 5.41) is 5.01. The highest BCUT2D eigenvalue weighted by atomic mass is 32.2. The maximum Gasteiger partial charge on any atom is 0.410 e. The number of urea groups is 1. The fourth-order valence-electron chi connectivity index (χ4n) is 7.46. The molecule has 15 heteroatoms. The standard InChI is InChI=1S/C36H50N6O8S/c1-6-24-18-36(24,32(45)39-51(48,49)26-14-15-26)38-30(43)28-17-25-20-42(28)31(44)29(35(2,3)4)37-33(46)40(5)16-9-7-8-11-22-12-10-13-23-19-41(21-27(22)23)34(47)50-25/h6,10,12-13,24-26,28-29H,1,7-9,11,14-21H2,2-5H3,(H,37,46)(H,38,43)(H,39,45)/t24-,25-,28+,29-,36+/m1/s1. The van der Waals surface area contributed by atoms with Gasteiger partial charge in [-0.25, -0.2) is 18.0 Å². The minimum Gasteiger partial charge on any atom is -0.444 e. The Kier molecular flexibility index (Phi) is 9.90. The Morgan fingerprint density at radius 1 is 1.08 bits per heavy atom. The summed E-state index contributed by atoms with van der Waals surface area (Å²) in [6.45, 7) is 10.3. The summed E-state index contributed by atoms with van der Waals surface area (Å²) < 4.78 is 33.4. The van der Waals surface area contributed by atoms with Crippen molar-refractivity contribution in [1.29, 1.82) is 0 Å². The van der Waals surface area contributed by atoms with Crippen LogP contribution in [0, 0.1) is 11.3 Å². The number of aryl methyl sites for hydroxylation is 1. The van der Waals surface area contributed by atoms with E-state index in [1.807, 2.05) is 32.9 Å². The van der Waals surface area contributed by atoms with Crippen LogP contribution in [0.25, 0.3) is 0 Å². The summed E-state index contributed by atoms with van der Waals surface area (Å²) in [5.41, 5.74) is 0.996. The van der Waals surface area contributed by atoms with Crippen molar-refractivity contribution >= 4 is 39.9 Å². The van der Waals surface area contributed by atoms with Crippen molar-refractivity contribution in [2.24, 2.45) is 11.3 Å². The monoisotopic (exact) mass is 726 g/mol. The molecule has 1 saturated heterocycles. The van der Waals surface area contributed by atoms with E-state index in [1.165, 1.54) is 16.5 Å². The molecule has 5 atom stereocenters. The third-order valence-corrected chi connectivity index (χ3v) is 12.7. The van der Waals surface area contributed by atoms with Crippen molar-refractivity contribution in [2.75, 3.05) is 20.1 Å². The molecule has 3 fully saturated rings. The second kappa shape index (κ2) is 13.8. The van der Waals surface area contributed by atoms with E-state index in [2.05, 4.69) is 28.0 Å². The summed E-state index contributed by atoms with van der Waals surface area (Å²) in [5.74, 6) is -2.61. The maximum absolute atomic E-state index is 14.5. The first kappa shape index (κ1) is 36.6. The van der Waals surface area contributed by atoms with Gasteiger partial charge in [-0.05, 0) is 60.6 Å². The van der Waals surface area contributed by atoms with E-state index in [-0.39, 0.29) is 19.4 Å². The zero-order valence-electron chi connectivity index (χ0n) is 29.9. The van der Waals surface area contributed by atoms with Crippen LogP contribution in [0.1, 0.15) is 82.4 Å². The van der Waals surface area contributed by atoms with Gasteiger partial charge in [0.25, 0.3) is 5.91 Å². The van der Waals surface area contributed by atoms with E-state index in [9.17, 15) is 32.4 Å². The van der Waals surface area contributed by atoms with Gasteiger partial charge in [-0.15, -0.1) is 6.58 Å². The van der Waals surface area contributed by atoms with Gasteiger partial charge in [0, 0.05) is 39.0 Å². The third-order valence-electron chi connectivity index (χ3n) is 10.9. The van der Waals surface area contributed by atoms with Crippen LogP contribution in [-0.4, -0.2) is 102 Å². The lowest BCUT2D eigenvalue weighted by Gasteiger charge is -2.36. The Labute approximate surface area is 299 Å². The van der Waals surface area contributed by atoms with Gasteiger partial charge in [-0.1, -0.05) is 51.5 Å². The van der Waals surface area contributed by atoms with Gasteiger partial charge in [0.1, 0.15) is 23.7 Å². The minimum absolute atomic E-state index is 0.0586. The lowest BCUT2D eigenvalue weighted by atomic mass is 9.85. The van der Waals surface area contributed by atoms with Crippen LogP contribution in [0.4, 0.5) is 9.59 Å². The number of amides is 6. The number of nitrogens with one attached hydrogen (secondary N) is 3. The molecule has 5 aliphatic rings. The second-order valence-corrected chi connectivity index (χ2v) is 17.8. The molecule has 3 aliphatic heterocycles. The van der Waals surface area contributed by atoms with E-state index in [4.69, 9.17) is 4.74 Å². The van der Waals surface area contributed by atoms with Gasteiger partial charge < -0.3 is 25.2 Å². The number of nitrogens with zero attached hydrogens (tertiary/aromatic N) is 3. The molecule has 0 aromatic heterocycles. The maximum atomic E-state index is 14.5. The molecule has 3 heterocycles. The van der Waals surface area contributed by atoms with Gasteiger partial charge in [0.15, 0.2) is 0 Å². The first-order chi connectivity index (χ1) is 24.0. The number of ether oxygens (including phenoxy) is 1. The number of carbonyl (C=O) groups is 5. The van der Waals surface area contributed by atoms with E-state index in [0.29, 0.717) is 32.5 Å². The summed E-state index contributed by atoms with van der Waals surface area (Å²) in [6, 6.07) is 3.42. The summed E-state index contributed by atoms with van der Waals surface area (Å²) in [7, 11) is -2.22. The van der Waals surface area contributed by atoms with E-state index >= 15 is 0 Å². The van der Waals surface area contributed by atoms with Crippen LogP contribution in [0.3, 0.4) is 0 Å². The molecule has 2 aliphatic carbocycles. The quantitative estimate of drug-likeness (QED) is 0.375. The van der Waals surface area contributed by atoms with Crippen LogP contribution in [0.2, 0.25) is 0 Å². The van der Waals surface area contributed by atoms with Crippen LogP contribution >= 0.6 is 0 Å². The van der Waals surface area contributed by atoms with Crippen molar-refractivity contribution in [3.8, 4) is 0 Å². The Morgan fingerprint density at radius 3 is 2.47 bits per heavy atom. The molecule has 6 rings (SSSR count). The third kappa shape index (κ3) is 7.58. The number of sulfonamides is 1.